The number of ether oxygens (including phenoxy) is 1. The topological polar surface area (TPSA) is 69.7 Å². The van der Waals surface area contributed by atoms with Crippen LogP contribution in [0.2, 0.25) is 0 Å². The molecule has 120 valence electrons. The zero-order valence-corrected chi connectivity index (χ0v) is 13.2. The predicted octanol–water partition coefficient (Wildman–Crippen LogP) is 4.18. The van der Waals surface area contributed by atoms with Crippen molar-refractivity contribution >= 4 is 38.7 Å². The van der Waals surface area contributed by atoms with Crippen LogP contribution in [0.15, 0.2) is 50.2 Å². The van der Waals surface area contributed by atoms with Crippen LogP contribution in [0.1, 0.15) is 22.8 Å². The fourth-order valence-corrected chi connectivity index (χ4v) is 3.04. The molecule has 0 amide bonds. The van der Waals surface area contributed by atoms with Crippen LogP contribution in [0.4, 0.5) is 0 Å². The lowest BCUT2D eigenvalue weighted by Crippen LogP contribution is -2.06. The first-order valence-electron chi connectivity index (χ1n) is 7.65. The van der Waals surface area contributed by atoms with Crippen LogP contribution in [0.5, 0.6) is 0 Å². The minimum absolute atomic E-state index is 0.282. The molecule has 2 aromatic carbocycles. The highest BCUT2D eigenvalue weighted by molar-refractivity contribution is 6.18. The van der Waals surface area contributed by atoms with E-state index in [9.17, 15) is 9.59 Å². The first-order valence-corrected chi connectivity index (χ1v) is 7.65. The molecule has 4 rings (SSSR count). The van der Waals surface area contributed by atoms with Gasteiger partial charge in [0.1, 0.15) is 11.0 Å². The van der Waals surface area contributed by atoms with E-state index in [-0.39, 0.29) is 6.61 Å². The van der Waals surface area contributed by atoms with E-state index in [1.807, 2.05) is 18.2 Å². The SMILES string of the molecule is CCOC(=O)c1cc2c3occ(C)c3c(=O)oc2c2ccccc12. The van der Waals surface area contributed by atoms with E-state index in [0.717, 1.165) is 0 Å². The molecule has 5 nitrogen and oxygen atoms in total. The quantitative estimate of drug-likeness (QED) is 0.314. The van der Waals surface area contributed by atoms with Gasteiger partial charge in [0.15, 0.2) is 5.58 Å². The fraction of sp³-hybridized carbons (Fsp3) is 0.158. The van der Waals surface area contributed by atoms with Gasteiger partial charge in [-0.3, -0.25) is 0 Å². The molecular weight excluding hydrogens is 308 g/mol. The summed E-state index contributed by atoms with van der Waals surface area (Å²) < 4.78 is 16.3. The molecule has 0 aliphatic carbocycles. The number of fused-ring (bicyclic) bond motifs is 5. The lowest BCUT2D eigenvalue weighted by Gasteiger charge is -2.09. The van der Waals surface area contributed by atoms with Gasteiger partial charge in [0.05, 0.1) is 23.8 Å². The molecule has 0 saturated carbocycles. The normalized spacial score (nSPS) is 11.4. The molecule has 0 N–H and O–H groups in total. The Morgan fingerprint density at radius 3 is 2.62 bits per heavy atom. The molecule has 0 spiro atoms. The Hall–Kier alpha value is -3.08. The average molecular weight is 322 g/mol. The number of aryl methyl sites for hydroxylation is 1. The third kappa shape index (κ3) is 1.94. The smallest absolute Gasteiger partial charge is 0.347 e. The largest absolute Gasteiger partial charge is 0.463 e. The minimum Gasteiger partial charge on any atom is -0.463 e. The van der Waals surface area contributed by atoms with Crippen LogP contribution in [-0.2, 0) is 4.74 Å². The Morgan fingerprint density at radius 2 is 1.88 bits per heavy atom. The second-order valence-corrected chi connectivity index (χ2v) is 5.58. The lowest BCUT2D eigenvalue weighted by molar-refractivity contribution is 0.0529. The molecule has 0 unspecified atom stereocenters. The highest BCUT2D eigenvalue weighted by Crippen LogP contribution is 2.33. The molecular formula is C19H14O5. The molecule has 0 aliphatic heterocycles. The van der Waals surface area contributed by atoms with Crippen LogP contribution in [0, 0.1) is 6.92 Å². The van der Waals surface area contributed by atoms with Gasteiger partial charge in [-0.15, -0.1) is 0 Å². The van der Waals surface area contributed by atoms with E-state index in [0.29, 0.717) is 43.8 Å². The summed E-state index contributed by atoms with van der Waals surface area (Å²) in [6.07, 6.45) is 1.51. The Kier molecular flexibility index (Phi) is 3.16. The van der Waals surface area contributed by atoms with Crippen LogP contribution < -0.4 is 5.63 Å². The summed E-state index contributed by atoms with van der Waals surface area (Å²) in [6.45, 7) is 3.82. The van der Waals surface area contributed by atoms with Crippen molar-refractivity contribution in [1.29, 1.82) is 0 Å². The highest BCUT2D eigenvalue weighted by atomic mass is 16.5. The number of rotatable bonds is 2. The summed E-state index contributed by atoms with van der Waals surface area (Å²) in [6, 6.07) is 8.94. The molecule has 24 heavy (non-hydrogen) atoms. The van der Waals surface area contributed by atoms with E-state index < -0.39 is 11.6 Å². The number of carbonyl (C=O) groups is 1. The van der Waals surface area contributed by atoms with Crippen LogP contribution in [0.25, 0.3) is 32.7 Å². The van der Waals surface area contributed by atoms with Crippen molar-refractivity contribution in [3.8, 4) is 0 Å². The number of hydrogen-bond acceptors (Lipinski definition) is 5. The van der Waals surface area contributed by atoms with Gasteiger partial charge >= 0.3 is 11.6 Å². The number of benzene rings is 2. The van der Waals surface area contributed by atoms with Crippen molar-refractivity contribution in [3.05, 3.63) is 58.1 Å². The van der Waals surface area contributed by atoms with E-state index in [1.165, 1.54) is 6.26 Å². The molecule has 0 aliphatic rings. The third-order valence-corrected chi connectivity index (χ3v) is 4.11. The predicted molar refractivity (Wildman–Crippen MR) is 90.5 cm³/mol. The van der Waals surface area contributed by atoms with E-state index >= 15 is 0 Å². The van der Waals surface area contributed by atoms with Crippen molar-refractivity contribution in [2.45, 2.75) is 13.8 Å². The number of furan rings is 1. The first-order chi connectivity index (χ1) is 11.6. The van der Waals surface area contributed by atoms with Gasteiger partial charge in [-0.05, 0) is 25.3 Å². The van der Waals surface area contributed by atoms with Crippen molar-refractivity contribution in [3.63, 3.8) is 0 Å². The maximum atomic E-state index is 12.4. The molecule has 0 saturated heterocycles. The minimum atomic E-state index is -0.446. The molecule has 2 aromatic heterocycles. The molecule has 0 bridgehead atoms. The second kappa shape index (κ2) is 5.23. The van der Waals surface area contributed by atoms with Gasteiger partial charge in [0.2, 0.25) is 0 Å². The maximum absolute atomic E-state index is 12.4. The Labute approximate surface area is 136 Å². The summed E-state index contributed by atoms with van der Waals surface area (Å²) in [7, 11) is 0. The zero-order chi connectivity index (χ0) is 16.8. The summed E-state index contributed by atoms with van der Waals surface area (Å²) in [5.74, 6) is -0.418. The van der Waals surface area contributed by atoms with Crippen LogP contribution in [0.3, 0.4) is 0 Å². The van der Waals surface area contributed by atoms with Gasteiger partial charge in [0.25, 0.3) is 0 Å². The van der Waals surface area contributed by atoms with E-state index in [2.05, 4.69) is 0 Å². The van der Waals surface area contributed by atoms with Crippen molar-refractivity contribution in [2.24, 2.45) is 0 Å². The molecule has 5 heteroatoms. The number of carbonyl (C=O) groups excluding carboxylic acids is 1. The zero-order valence-electron chi connectivity index (χ0n) is 13.2. The van der Waals surface area contributed by atoms with Crippen molar-refractivity contribution in [2.75, 3.05) is 6.61 Å². The number of esters is 1. The second-order valence-electron chi connectivity index (χ2n) is 5.58. The molecule has 0 fully saturated rings. The van der Waals surface area contributed by atoms with Gasteiger partial charge in [-0.25, -0.2) is 9.59 Å². The van der Waals surface area contributed by atoms with E-state index in [1.54, 1.807) is 26.0 Å². The highest BCUT2D eigenvalue weighted by Gasteiger charge is 2.20. The average Bonchev–Trinajstić information content (AvgIpc) is 2.97. The van der Waals surface area contributed by atoms with Crippen molar-refractivity contribution in [1.82, 2.24) is 0 Å². The first kappa shape index (κ1) is 14.5. The molecule has 2 heterocycles. The molecule has 4 aromatic rings. The standard InChI is InChI=1S/C19H14O5/c1-3-22-18(20)13-8-14-16(12-7-5-4-6-11(12)13)24-19(21)15-10(2)9-23-17(14)15/h4-9H,3H2,1-2H3. The summed E-state index contributed by atoms with van der Waals surface area (Å²) in [5, 5.41) is 2.33. The molecule has 0 atom stereocenters. The van der Waals surface area contributed by atoms with E-state index in [4.69, 9.17) is 13.6 Å². The van der Waals surface area contributed by atoms with Crippen LogP contribution in [-0.4, -0.2) is 12.6 Å². The van der Waals surface area contributed by atoms with Gasteiger partial charge in [0, 0.05) is 10.9 Å². The van der Waals surface area contributed by atoms with Gasteiger partial charge in [-0.2, -0.15) is 0 Å². The summed E-state index contributed by atoms with van der Waals surface area (Å²) in [5.41, 5.74) is 1.51. The van der Waals surface area contributed by atoms with Crippen molar-refractivity contribution < 1.29 is 18.4 Å². The van der Waals surface area contributed by atoms with Gasteiger partial charge < -0.3 is 13.6 Å². The maximum Gasteiger partial charge on any atom is 0.347 e. The molecule has 0 radical (unpaired) electrons. The fourth-order valence-electron chi connectivity index (χ4n) is 3.04. The summed E-state index contributed by atoms with van der Waals surface area (Å²) in [4.78, 5) is 24.7. The monoisotopic (exact) mass is 322 g/mol. The van der Waals surface area contributed by atoms with Gasteiger partial charge in [-0.1, -0.05) is 24.3 Å². The number of hydrogen-bond donors (Lipinski definition) is 0. The Morgan fingerprint density at radius 1 is 1.12 bits per heavy atom. The summed E-state index contributed by atoms with van der Waals surface area (Å²) >= 11 is 0. The Bertz CT molecular complexity index is 1160. The Balaban J connectivity index is 2.24. The van der Waals surface area contributed by atoms with Crippen LogP contribution >= 0.6 is 0 Å². The third-order valence-electron chi connectivity index (χ3n) is 4.11. The lowest BCUT2D eigenvalue weighted by atomic mass is 10.00.